The molecule has 1 rings (SSSR count). The molecule has 50 valence electrons. The number of furan rings is 1. The van der Waals surface area contributed by atoms with E-state index >= 15 is 0 Å². The summed E-state index contributed by atoms with van der Waals surface area (Å²) < 4.78 is 5.38. The second kappa shape index (κ2) is 2.72. The Bertz CT molecular complexity index is 158. The quantitative estimate of drug-likeness (QED) is 0.590. The lowest BCUT2D eigenvalue weighted by Gasteiger charge is -1.86. The number of hydrogen-bond acceptors (Lipinski definition) is 1. The highest BCUT2D eigenvalue weighted by molar-refractivity contribution is 5.06. The lowest BCUT2D eigenvalue weighted by molar-refractivity contribution is 0.474. The van der Waals surface area contributed by atoms with Gasteiger partial charge in [0.2, 0.25) is 0 Å². The van der Waals surface area contributed by atoms with Gasteiger partial charge in [-0.05, 0) is 12.1 Å². The van der Waals surface area contributed by atoms with Crippen LogP contribution in [0.25, 0.3) is 0 Å². The average molecular weight is 124 g/mol. The maximum absolute atomic E-state index is 5.38. The lowest BCUT2D eigenvalue weighted by atomic mass is 10.3. The molecule has 9 heavy (non-hydrogen) atoms. The summed E-state index contributed by atoms with van der Waals surface area (Å²) in [5.41, 5.74) is 0. The maximum atomic E-state index is 5.38. The van der Waals surface area contributed by atoms with Crippen LogP contribution >= 0.6 is 0 Å². The molecule has 1 nitrogen and oxygen atoms in total. The first-order valence-corrected chi connectivity index (χ1v) is 3.44. The van der Waals surface area contributed by atoms with E-state index in [0.29, 0.717) is 0 Å². The van der Waals surface area contributed by atoms with Crippen LogP contribution in [0.3, 0.4) is 0 Å². The summed E-state index contributed by atoms with van der Waals surface area (Å²) in [7, 11) is 0. The predicted molar refractivity (Wildman–Crippen MR) is 37.5 cm³/mol. The molecular formula is C8H12O. The highest BCUT2D eigenvalue weighted by Crippen LogP contribution is 2.07. The molecule has 0 amide bonds. The van der Waals surface area contributed by atoms with Crippen molar-refractivity contribution >= 4 is 0 Å². The minimum Gasteiger partial charge on any atom is -0.466 e. The van der Waals surface area contributed by atoms with Gasteiger partial charge in [-0.25, -0.2) is 0 Å². The molecule has 0 spiro atoms. The molecule has 0 fully saturated rings. The van der Waals surface area contributed by atoms with Gasteiger partial charge in [0, 0.05) is 12.8 Å². The zero-order chi connectivity index (χ0) is 6.69. The Morgan fingerprint density at radius 1 is 1.11 bits per heavy atom. The van der Waals surface area contributed by atoms with Crippen molar-refractivity contribution in [2.75, 3.05) is 0 Å². The summed E-state index contributed by atoms with van der Waals surface area (Å²) in [6.07, 6.45) is 2.00. The third kappa shape index (κ3) is 1.35. The second-order valence-corrected chi connectivity index (χ2v) is 2.08. The third-order valence-corrected chi connectivity index (χ3v) is 1.41. The Hall–Kier alpha value is -0.720. The Morgan fingerprint density at radius 2 is 1.56 bits per heavy atom. The molecule has 0 atom stereocenters. The Balaban J connectivity index is 2.74. The third-order valence-electron chi connectivity index (χ3n) is 1.41. The SMILES string of the molecule is CCc1ccc(CC)o1. The molecule has 0 N–H and O–H groups in total. The van der Waals surface area contributed by atoms with Crippen molar-refractivity contribution < 1.29 is 4.42 Å². The largest absolute Gasteiger partial charge is 0.466 e. The van der Waals surface area contributed by atoms with Gasteiger partial charge < -0.3 is 4.42 Å². The zero-order valence-electron chi connectivity index (χ0n) is 5.98. The monoisotopic (exact) mass is 124 g/mol. The summed E-state index contributed by atoms with van der Waals surface area (Å²) in [6, 6.07) is 4.08. The van der Waals surface area contributed by atoms with Crippen molar-refractivity contribution in [1.82, 2.24) is 0 Å². The Labute approximate surface area is 55.7 Å². The highest BCUT2D eigenvalue weighted by Gasteiger charge is 1.94. The molecule has 1 heteroatoms. The van der Waals surface area contributed by atoms with Gasteiger partial charge in [-0.1, -0.05) is 13.8 Å². The van der Waals surface area contributed by atoms with Crippen LogP contribution in [0.5, 0.6) is 0 Å². The van der Waals surface area contributed by atoms with Crippen molar-refractivity contribution in [2.24, 2.45) is 0 Å². The summed E-state index contributed by atoms with van der Waals surface area (Å²) in [5, 5.41) is 0. The first-order valence-electron chi connectivity index (χ1n) is 3.44. The van der Waals surface area contributed by atoms with E-state index in [2.05, 4.69) is 13.8 Å². The fourth-order valence-electron chi connectivity index (χ4n) is 0.802. The fourth-order valence-corrected chi connectivity index (χ4v) is 0.802. The zero-order valence-corrected chi connectivity index (χ0v) is 5.98. The van der Waals surface area contributed by atoms with Crippen molar-refractivity contribution in [1.29, 1.82) is 0 Å². The van der Waals surface area contributed by atoms with Gasteiger partial charge >= 0.3 is 0 Å². The van der Waals surface area contributed by atoms with Crippen LogP contribution in [0.4, 0.5) is 0 Å². The molecule has 1 heterocycles. The normalized spacial score (nSPS) is 10.0. The van der Waals surface area contributed by atoms with Crippen LogP contribution in [0.15, 0.2) is 16.5 Å². The molecule has 1 aromatic heterocycles. The molecule has 0 aromatic carbocycles. The van der Waals surface area contributed by atoms with E-state index in [4.69, 9.17) is 4.42 Å². The molecule has 0 aliphatic rings. The van der Waals surface area contributed by atoms with E-state index < -0.39 is 0 Å². The molecule has 0 saturated carbocycles. The summed E-state index contributed by atoms with van der Waals surface area (Å²) in [4.78, 5) is 0. The number of rotatable bonds is 2. The van der Waals surface area contributed by atoms with Crippen LogP contribution < -0.4 is 0 Å². The lowest BCUT2D eigenvalue weighted by Crippen LogP contribution is -1.71. The second-order valence-electron chi connectivity index (χ2n) is 2.08. The molecule has 0 aliphatic heterocycles. The van der Waals surface area contributed by atoms with Gasteiger partial charge in [0.15, 0.2) is 0 Å². The number of hydrogen-bond donors (Lipinski definition) is 0. The molecule has 0 bridgehead atoms. The van der Waals surface area contributed by atoms with Crippen LogP contribution in [0, 0.1) is 0 Å². The first-order chi connectivity index (χ1) is 4.36. The first kappa shape index (κ1) is 6.40. The van der Waals surface area contributed by atoms with E-state index in [-0.39, 0.29) is 0 Å². The predicted octanol–water partition coefficient (Wildman–Crippen LogP) is 2.40. The van der Waals surface area contributed by atoms with Gasteiger partial charge in [0.1, 0.15) is 11.5 Å². The molecule has 0 saturated heterocycles. The summed E-state index contributed by atoms with van der Waals surface area (Å²) >= 11 is 0. The Morgan fingerprint density at radius 3 is 1.78 bits per heavy atom. The molecule has 0 radical (unpaired) electrons. The smallest absolute Gasteiger partial charge is 0.103 e. The number of aryl methyl sites for hydroxylation is 2. The van der Waals surface area contributed by atoms with Crippen LogP contribution in [-0.2, 0) is 12.8 Å². The molecule has 1 aromatic rings. The van der Waals surface area contributed by atoms with Crippen molar-refractivity contribution in [3.63, 3.8) is 0 Å². The van der Waals surface area contributed by atoms with Gasteiger partial charge in [0.25, 0.3) is 0 Å². The maximum Gasteiger partial charge on any atom is 0.103 e. The van der Waals surface area contributed by atoms with E-state index in [9.17, 15) is 0 Å². The van der Waals surface area contributed by atoms with Crippen molar-refractivity contribution in [2.45, 2.75) is 26.7 Å². The minimum absolute atomic E-state index is 1.00. The molecule has 0 aliphatic carbocycles. The Kier molecular flexibility index (Phi) is 1.93. The summed E-state index contributed by atoms with van der Waals surface area (Å²) in [5.74, 6) is 2.18. The van der Waals surface area contributed by atoms with Crippen LogP contribution in [0.1, 0.15) is 25.4 Å². The van der Waals surface area contributed by atoms with Crippen molar-refractivity contribution in [3.8, 4) is 0 Å². The van der Waals surface area contributed by atoms with Gasteiger partial charge in [0.05, 0.1) is 0 Å². The van der Waals surface area contributed by atoms with Gasteiger partial charge in [-0.2, -0.15) is 0 Å². The van der Waals surface area contributed by atoms with E-state index in [1.165, 1.54) is 0 Å². The summed E-state index contributed by atoms with van der Waals surface area (Å²) in [6.45, 7) is 4.19. The molecule has 0 unspecified atom stereocenters. The van der Waals surface area contributed by atoms with E-state index in [0.717, 1.165) is 24.4 Å². The van der Waals surface area contributed by atoms with Gasteiger partial charge in [-0.15, -0.1) is 0 Å². The standard InChI is InChI=1S/C8H12O/c1-3-7-5-6-8(4-2)9-7/h5-6H,3-4H2,1-2H3. The van der Waals surface area contributed by atoms with E-state index in [1.54, 1.807) is 0 Å². The van der Waals surface area contributed by atoms with Crippen molar-refractivity contribution in [3.05, 3.63) is 23.7 Å². The minimum atomic E-state index is 1.00. The van der Waals surface area contributed by atoms with Gasteiger partial charge in [-0.3, -0.25) is 0 Å². The highest BCUT2D eigenvalue weighted by atomic mass is 16.3. The van der Waals surface area contributed by atoms with Crippen LogP contribution in [0.2, 0.25) is 0 Å². The molecular weight excluding hydrogens is 112 g/mol. The topological polar surface area (TPSA) is 13.1 Å². The fraction of sp³-hybridized carbons (Fsp3) is 0.500. The van der Waals surface area contributed by atoms with Crippen LogP contribution in [-0.4, -0.2) is 0 Å². The van der Waals surface area contributed by atoms with E-state index in [1.807, 2.05) is 12.1 Å². The average Bonchev–Trinajstić information content (AvgIpc) is 2.34.